The van der Waals surface area contributed by atoms with Gasteiger partial charge >= 0.3 is 0 Å². The summed E-state index contributed by atoms with van der Waals surface area (Å²) in [7, 11) is 0. The van der Waals surface area contributed by atoms with E-state index in [2.05, 4.69) is 11.2 Å². The molecule has 2 aromatic heterocycles. The van der Waals surface area contributed by atoms with E-state index in [0.29, 0.717) is 11.9 Å². The number of hydrogen-bond donors (Lipinski definition) is 0. The molecule has 1 aliphatic rings. The SMILES string of the molecule is O=C(Cn1ncc2ccccc2c1=O)N1CCCC1c1nc2ccccc2s1. The molecule has 28 heavy (non-hydrogen) atoms. The third kappa shape index (κ3) is 2.88. The Bertz CT molecular complexity index is 1210. The maximum atomic E-state index is 13.0. The van der Waals surface area contributed by atoms with Gasteiger partial charge in [-0.15, -0.1) is 11.3 Å². The molecule has 1 unspecified atom stereocenters. The first-order valence-electron chi connectivity index (χ1n) is 9.30. The van der Waals surface area contributed by atoms with Gasteiger partial charge in [0.1, 0.15) is 11.6 Å². The minimum atomic E-state index is -0.234. The summed E-state index contributed by atoms with van der Waals surface area (Å²) in [6.45, 7) is 0.632. The Morgan fingerprint density at radius 3 is 2.86 bits per heavy atom. The second kappa shape index (κ2) is 6.83. The maximum Gasteiger partial charge on any atom is 0.275 e. The van der Waals surface area contributed by atoms with E-state index in [9.17, 15) is 9.59 Å². The van der Waals surface area contributed by atoms with Crippen LogP contribution in [0.2, 0.25) is 0 Å². The molecule has 2 aromatic carbocycles. The van der Waals surface area contributed by atoms with Gasteiger partial charge in [-0.1, -0.05) is 30.3 Å². The van der Waals surface area contributed by atoms with Gasteiger partial charge in [-0.05, 0) is 31.0 Å². The third-order valence-electron chi connectivity index (χ3n) is 5.22. The van der Waals surface area contributed by atoms with Gasteiger partial charge < -0.3 is 4.90 Å². The van der Waals surface area contributed by atoms with Crippen LogP contribution in [0.3, 0.4) is 0 Å². The Kier molecular flexibility index (Phi) is 4.16. The lowest BCUT2D eigenvalue weighted by molar-refractivity contribution is -0.133. The van der Waals surface area contributed by atoms with E-state index < -0.39 is 0 Å². The number of thiazole rings is 1. The average Bonchev–Trinajstić information content (AvgIpc) is 3.37. The van der Waals surface area contributed by atoms with E-state index in [1.807, 2.05) is 41.3 Å². The summed E-state index contributed by atoms with van der Waals surface area (Å²) < 4.78 is 2.39. The Morgan fingerprint density at radius 1 is 1.14 bits per heavy atom. The van der Waals surface area contributed by atoms with Crippen molar-refractivity contribution in [1.82, 2.24) is 19.7 Å². The predicted octanol–water partition coefficient (Wildman–Crippen LogP) is 3.37. The van der Waals surface area contributed by atoms with E-state index >= 15 is 0 Å². The lowest BCUT2D eigenvalue weighted by atomic mass is 10.2. The maximum absolute atomic E-state index is 13.0. The van der Waals surface area contributed by atoms with Crippen molar-refractivity contribution in [2.75, 3.05) is 6.54 Å². The van der Waals surface area contributed by atoms with Crippen LogP contribution in [0.25, 0.3) is 21.0 Å². The largest absolute Gasteiger partial charge is 0.332 e. The number of carbonyl (C=O) groups is 1. The quantitative estimate of drug-likeness (QED) is 0.538. The summed E-state index contributed by atoms with van der Waals surface area (Å²) in [4.78, 5) is 32.3. The molecule has 0 saturated carbocycles. The monoisotopic (exact) mass is 390 g/mol. The zero-order valence-corrected chi connectivity index (χ0v) is 15.9. The summed E-state index contributed by atoms with van der Waals surface area (Å²) in [5.74, 6) is -0.0911. The van der Waals surface area contributed by atoms with Gasteiger partial charge in [0.25, 0.3) is 5.56 Å². The van der Waals surface area contributed by atoms with Crippen molar-refractivity contribution in [3.05, 3.63) is 70.1 Å². The first kappa shape index (κ1) is 17.1. The molecule has 0 aliphatic carbocycles. The fourth-order valence-corrected chi connectivity index (χ4v) is 4.93. The molecule has 140 valence electrons. The molecule has 1 atom stereocenters. The summed E-state index contributed by atoms with van der Waals surface area (Å²) in [5, 5.41) is 6.52. The highest BCUT2D eigenvalue weighted by Crippen LogP contribution is 2.36. The van der Waals surface area contributed by atoms with Crippen molar-refractivity contribution in [2.45, 2.75) is 25.4 Å². The molecular formula is C21H18N4O2S. The van der Waals surface area contributed by atoms with Gasteiger partial charge in [0.2, 0.25) is 5.91 Å². The molecule has 0 radical (unpaired) electrons. The zero-order valence-electron chi connectivity index (χ0n) is 15.1. The Balaban J connectivity index is 1.43. The lowest BCUT2D eigenvalue weighted by Crippen LogP contribution is -2.37. The number of carbonyl (C=O) groups excluding carboxylic acids is 1. The van der Waals surface area contributed by atoms with Crippen molar-refractivity contribution in [2.24, 2.45) is 0 Å². The first-order chi connectivity index (χ1) is 13.7. The molecular weight excluding hydrogens is 372 g/mol. The van der Waals surface area contributed by atoms with Gasteiger partial charge in [0, 0.05) is 11.9 Å². The fourth-order valence-electron chi connectivity index (χ4n) is 3.81. The number of hydrogen-bond acceptors (Lipinski definition) is 5. The fraction of sp³-hybridized carbons (Fsp3) is 0.238. The number of fused-ring (bicyclic) bond motifs is 2. The first-order valence-corrected chi connectivity index (χ1v) is 10.1. The van der Waals surface area contributed by atoms with Crippen LogP contribution in [0.5, 0.6) is 0 Å². The van der Waals surface area contributed by atoms with Gasteiger partial charge in [-0.3, -0.25) is 9.59 Å². The summed E-state index contributed by atoms with van der Waals surface area (Å²) >= 11 is 1.64. The van der Waals surface area contributed by atoms with Crippen LogP contribution in [-0.4, -0.2) is 32.1 Å². The predicted molar refractivity (Wildman–Crippen MR) is 109 cm³/mol. The van der Waals surface area contributed by atoms with E-state index in [0.717, 1.165) is 33.5 Å². The lowest BCUT2D eigenvalue weighted by Gasteiger charge is -2.23. The number of likely N-dealkylation sites (tertiary alicyclic amines) is 1. The molecule has 0 spiro atoms. The van der Waals surface area contributed by atoms with Gasteiger partial charge in [0.05, 0.1) is 27.8 Å². The van der Waals surface area contributed by atoms with Crippen molar-refractivity contribution < 1.29 is 4.79 Å². The smallest absolute Gasteiger partial charge is 0.275 e. The van der Waals surface area contributed by atoms with Crippen molar-refractivity contribution in [3.63, 3.8) is 0 Å². The van der Waals surface area contributed by atoms with Crippen LogP contribution >= 0.6 is 11.3 Å². The van der Waals surface area contributed by atoms with Crippen LogP contribution in [0.15, 0.2) is 59.5 Å². The summed E-state index contributed by atoms with van der Waals surface area (Å²) in [5.41, 5.74) is 0.733. The summed E-state index contributed by atoms with van der Waals surface area (Å²) in [6.07, 6.45) is 3.47. The Morgan fingerprint density at radius 2 is 1.96 bits per heavy atom. The number of amides is 1. The molecule has 1 amide bonds. The normalized spacial score (nSPS) is 16.9. The number of benzene rings is 2. The van der Waals surface area contributed by atoms with Gasteiger partial charge in [0.15, 0.2) is 0 Å². The van der Waals surface area contributed by atoms with E-state index in [-0.39, 0.29) is 24.1 Å². The third-order valence-corrected chi connectivity index (χ3v) is 6.35. The van der Waals surface area contributed by atoms with Crippen molar-refractivity contribution >= 4 is 38.2 Å². The van der Waals surface area contributed by atoms with Gasteiger partial charge in [-0.25, -0.2) is 9.67 Å². The standard InChI is InChI=1S/C21H18N4O2S/c26-19(13-25-21(27)15-7-2-1-6-14(15)12-22-25)24-11-5-9-17(24)20-23-16-8-3-4-10-18(16)28-20/h1-4,6-8,10,12,17H,5,9,11,13H2. The van der Waals surface area contributed by atoms with Crippen LogP contribution in [-0.2, 0) is 11.3 Å². The molecule has 5 rings (SSSR count). The van der Waals surface area contributed by atoms with Crippen molar-refractivity contribution in [1.29, 1.82) is 0 Å². The molecule has 4 aromatic rings. The molecule has 1 fully saturated rings. The minimum absolute atomic E-state index is 0.0268. The molecule has 1 saturated heterocycles. The Hall–Kier alpha value is -3.06. The molecule has 7 heteroatoms. The topological polar surface area (TPSA) is 68.1 Å². The van der Waals surface area contributed by atoms with Crippen LogP contribution < -0.4 is 5.56 Å². The van der Waals surface area contributed by atoms with Crippen LogP contribution in [0, 0.1) is 0 Å². The number of nitrogens with zero attached hydrogens (tertiary/aromatic N) is 4. The number of rotatable bonds is 3. The molecule has 0 N–H and O–H groups in total. The second-order valence-corrected chi connectivity index (χ2v) is 8.02. The highest BCUT2D eigenvalue weighted by Gasteiger charge is 2.32. The van der Waals surface area contributed by atoms with Crippen LogP contribution in [0.1, 0.15) is 23.9 Å². The van der Waals surface area contributed by atoms with Gasteiger partial charge in [-0.2, -0.15) is 5.10 Å². The second-order valence-electron chi connectivity index (χ2n) is 6.96. The molecule has 0 bridgehead atoms. The highest BCUT2D eigenvalue weighted by molar-refractivity contribution is 7.18. The minimum Gasteiger partial charge on any atom is -0.332 e. The van der Waals surface area contributed by atoms with Crippen molar-refractivity contribution in [3.8, 4) is 0 Å². The molecule has 3 heterocycles. The van der Waals surface area contributed by atoms with E-state index in [4.69, 9.17) is 4.98 Å². The highest BCUT2D eigenvalue weighted by atomic mass is 32.1. The number of aromatic nitrogens is 3. The van der Waals surface area contributed by atoms with Crippen LogP contribution in [0.4, 0.5) is 0 Å². The van der Waals surface area contributed by atoms with E-state index in [1.54, 1.807) is 23.6 Å². The van der Waals surface area contributed by atoms with E-state index in [1.165, 1.54) is 4.68 Å². The average molecular weight is 390 g/mol. The molecule has 1 aliphatic heterocycles. The Labute approximate surface area is 165 Å². The number of para-hydroxylation sites is 1. The molecule has 6 nitrogen and oxygen atoms in total. The zero-order chi connectivity index (χ0) is 19.1. The summed E-state index contributed by atoms with van der Waals surface area (Å²) in [6, 6.07) is 15.3.